The van der Waals surface area contributed by atoms with Crippen molar-refractivity contribution < 1.29 is 14.3 Å². The maximum atomic E-state index is 13.0. The fourth-order valence-electron chi connectivity index (χ4n) is 6.57. The van der Waals surface area contributed by atoms with E-state index < -0.39 is 0 Å². The summed E-state index contributed by atoms with van der Waals surface area (Å²) in [7, 11) is 1.49. The number of allylic oxidation sites excluding steroid dienone is 4. The fourth-order valence-corrected chi connectivity index (χ4v) is 6.57. The van der Waals surface area contributed by atoms with Crippen LogP contribution in [0.2, 0.25) is 0 Å². The van der Waals surface area contributed by atoms with Crippen molar-refractivity contribution in [3.63, 3.8) is 0 Å². The van der Waals surface area contributed by atoms with Crippen LogP contribution in [-0.4, -0.2) is 18.9 Å². The summed E-state index contributed by atoms with van der Waals surface area (Å²) in [4.78, 5) is 25.3. The quantitative estimate of drug-likeness (QED) is 0.681. The molecule has 2 saturated carbocycles. The Hall–Kier alpha value is -1.38. The highest BCUT2D eigenvalue weighted by atomic mass is 16.5. The second-order valence-corrected chi connectivity index (χ2v) is 8.80. The van der Waals surface area contributed by atoms with Gasteiger partial charge in [-0.1, -0.05) is 26.0 Å². The van der Waals surface area contributed by atoms with Gasteiger partial charge in [0.15, 0.2) is 5.78 Å². The molecule has 0 aromatic rings. The molecule has 0 spiro atoms. The van der Waals surface area contributed by atoms with Crippen LogP contribution >= 0.6 is 0 Å². The molecule has 2 fully saturated rings. The zero-order valence-corrected chi connectivity index (χ0v) is 15.0. The first-order valence-corrected chi connectivity index (χ1v) is 9.42. The molecule has 0 aliphatic heterocycles. The lowest BCUT2D eigenvalue weighted by atomic mass is 9.48. The summed E-state index contributed by atoms with van der Waals surface area (Å²) in [5.41, 5.74) is 1.31. The Labute approximate surface area is 144 Å². The van der Waals surface area contributed by atoms with Crippen LogP contribution in [-0.2, 0) is 14.3 Å². The second-order valence-electron chi connectivity index (χ2n) is 8.80. The molecule has 0 unspecified atom stereocenters. The maximum Gasteiger partial charge on any atom is 0.309 e. The number of rotatable bonds is 1. The van der Waals surface area contributed by atoms with Gasteiger partial charge >= 0.3 is 5.97 Å². The topological polar surface area (TPSA) is 43.4 Å². The number of ether oxygens (including phenoxy) is 1. The van der Waals surface area contributed by atoms with Crippen LogP contribution in [0.4, 0.5) is 0 Å². The molecule has 4 aliphatic carbocycles. The molecule has 6 atom stereocenters. The molecule has 0 aromatic carbocycles. The van der Waals surface area contributed by atoms with E-state index in [2.05, 4.69) is 26.0 Å². The van der Waals surface area contributed by atoms with Crippen LogP contribution in [0.25, 0.3) is 0 Å². The summed E-state index contributed by atoms with van der Waals surface area (Å²) in [5.74, 6) is 1.05. The predicted octanol–water partition coefficient (Wildman–Crippen LogP) is 4.08. The van der Waals surface area contributed by atoms with Crippen molar-refractivity contribution in [3.8, 4) is 0 Å². The third-order valence-electron chi connectivity index (χ3n) is 7.99. The molecule has 0 N–H and O–H groups in total. The van der Waals surface area contributed by atoms with Gasteiger partial charge in [-0.25, -0.2) is 0 Å². The van der Waals surface area contributed by atoms with Gasteiger partial charge in [-0.2, -0.15) is 0 Å². The lowest BCUT2D eigenvalue weighted by molar-refractivity contribution is -0.154. The van der Waals surface area contributed by atoms with Gasteiger partial charge < -0.3 is 4.74 Å². The number of fused-ring (bicyclic) bond motifs is 5. The van der Waals surface area contributed by atoms with Crippen molar-refractivity contribution in [2.45, 2.75) is 52.4 Å². The van der Waals surface area contributed by atoms with Crippen LogP contribution in [0, 0.1) is 34.5 Å². The minimum absolute atomic E-state index is 0.0364. The van der Waals surface area contributed by atoms with Crippen molar-refractivity contribution in [3.05, 3.63) is 23.8 Å². The van der Waals surface area contributed by atoms with E-state index in [1.54, 1.807) is 0 Å². The lowest BCUT2D eigenvalue weighted by Gasteiger charge is -2.55. The SMILES string of the molecule is COC(=O)[C@@H]1CC[C@@H]2[C@H]3C(=O)C=C4C=CCC[C@@]4(C)[C@@H]3CC[C@]21C. The lowest BCUT2D eigenvalue weighted by Crippen LogP contribution is -2.52. The van der Waals surface area contributed by atoms with Gasteiger partial charge in [0, 0.05) is 5.92 Å². The highest BCUT2D eigenvalue weighted by molar-refractivity contribution is 5.95. The Morgan fingerprint density at radius 1 is 1.17 bits per heavy atom. The third kappa shape index (κ3) is 1.96. The number of methoxy groups -OCH3 is 1. The number of carbonyl (C=O) groups excluding carboxylic acids is 2. The van der Waals surface area contributed by atoms with Gasteiger partial charge in [-0.3, -0.25) is 9.59 Å². The number of hydrogen-bond donors (Lipinski definition) is 0. The summed E-state index contributed by atoms with van der Waals surface area (Å²) in [6, 6.07) is 0. The zero-order valence-electron chi connectivity index (χ0n) is 15.0. The first kappa shape index (κ1) is 16.1. The van der Waals surface area contributed by atoms with E-state index in [1.165, 1.54) is 12.7 Å². The smallest absolute Gasteiger partial charge is 0.309 e. The van der Waals surface area contributed by atoms with E-state index in [9.17, 15) is 9.59 Å². The molecule has 0 heterocycles. The molecule has 0 amide bonds. The molecule has 0 aromatic heterocycles. The predicted molar refractivity (Wildman–Crippen MR) is 92.1 cm³/mol. The summed E-state index contributed by atoms with van der Waals surface area (Å²) in [5, 5.41) is 0. The van der Waals surface area contributed by atoms with Gasteiger partial charge in [0.2, 0.25) is 0 Å². The van der Waals surface area contributed by atoms with Crippen LogP contribution < -0.4 is 0 Å². The molecule has 24 heavy (non-hydrogen) atoms. The van der Waals surface area contributed by atoms with Gasteiger partial charge in [0.25, 0.3) is 0 Å². The van der Waals surface area contributed by atoms with Crippen molar-refractivity contribution in [2.75, 3.05) is 7.11 Å². The number of hydrogen-bond acceptors (Lipinski definition) is 3. The molecule has 130 valence electrons. The molecular formula is C21H28O3. The summed E-state index contributed by atoms with van der Waals surface area (Å²) < 4.78 is 5.07. The van der Waals surface area contributed by atoms with Crippen LogP contribution in [0.5, 0.6) is 0 Å². The molecule has 3 heteroatoms. The first-order valence-electron chi connectivity index (χ1n) is 9.42. The molecule has 4 aliphatic rings. The summed E-state index contributed by atoms with van der Waals surface area (Å²) >= 11 is 0. The van der Waals surface area contributed by atoms with Gasteiger partial charge in [-0.05, 0) is 72.8 Å². The Kier molecular flexibility index (Phi) is 3.56. The standard InChI is InChI=1S/C21H28O3/c1-20-10-5-4-6-13(20)12-17(22)18-14-7-8-16(19(23)24-3)21(14,2)11-9-15(18)20/h4,6,12,14-16,18H,5,7-11H2,1-3H3/t14-,15-,16+,18-,20-,21-/m1/s1. The van der Waals surface area contributed by atoms with E-state index in [-0.39, 0.29) is 28.6 Å². The van der Waals surface area contributed by atoms with E-state index in [0.29, 0.717) is 17.6 Å². The van der Waals surface area contributed by atoms with Crippen LogP contribution in [0.15, 0.2) is 23.8 Å². The van der Waals surface area contributed by atoms with Gasteiger partial charge in [-0.15, -0.1) is 0 Å². The average molecular weight is 328 g/mol. The Balaban J connectivity index is 1.73. The van der Waals surface area contributed by atoms with Crippen molar-refractivity contribution >= 4 is 11.8 Å². The number of esters is 1. The fraction of sp³-hybridized carbons (Fsp3) is 0.714. The van der Waals surface area contributed by atoms with E-state index >= 15 is 0 Å². The van der Waals surface area contributed by atoms with E-state index in [4.69, 9.17) is 4.74 Å². The highest BCUT2D eigenvalue weighted by Crippen LogP contribution is 2.65. The maximum absolute atomic E-state index is 13.0. The van der Waals surface area contributed by atoms with E-state index in [0.717, 1.165) is 38.5 Å². The van der Waals surface area contributed by atoms with Gasteiger partial charge in [0.05, 0.1) is 13.0 Å². The minimum Gasteiger partial charge on any atom is -0.469 e. The average Bonchev–Trinajstić information content (AvgIpc) is 2.92. The van der Waals surface area contributed by atoms with Crippen molar-refractivity contribution in [2.24, 2.45) is 34.5 Å². The van der Waals surface area contributed by atoms with Gasteiger partial charge in [0.1, 0.15) is 0 Å². The summed E-state index contributed by atoms with van der Waals surface area (Å²) in [6.45, 7) is 4.60. The molecule has 4 rings (SSSR count). The van der Waals surface area contributed by atoms with Crippen molar-refractivity contribution in [1.29, 1.82) is 0 Å². The second kappa shape index (κ2) is 5.31. The van der Waals surface area contributed by atoms with E-state index in [1.807, 2.05) is 6.08 Å². The zero-order chi connectivity index (χ0) is 17.1. The largest absolute Gasteiger partial charge is 0.469 e. The third-order valence-corrected chi connectivity index (χ3v) is 7.99. The molecule has 0 bridgehead atoms. The monoisotopic (exact) mass is 328 g/mol. The van der Waals surface area contributed by atoms with Crippen molar-refractivity contribution in [1.82, 2.24) is 0 Å². The van der Waals surface area contributed by atoms with Crippen LogP contribution in [0.1, 0.15) is 52.4 Å². The number of carbonyl (C=O) groups is 2. The first-order chi connectivity index (χ1) is 11.4. The minimum atomic E-state index is -0.0789. The number of ketones is 1. The van der Waals surface area contributed by atoms with Crippen LogP contribution in [0.3, 0.4) is 0 Å². The Morgan fingerprint density at radius 2 is 1.96 bits per heavy atom. The highest BCUT2D eigenvalue weighted by Gasteiger charge is 2.61. The Morgan fingerprint density at radius 3 is 2.71 bits per heavy atom. The Bertz CT molecular complexity index is 645. The molecule has 3 nitrogen and oxygen atoms in total. The summed E-state index contributed by atoms with van der Waals surface area (Å²) in [6.07, 6.45) is 12.5. The normalized spacial score (nSPS) is 46.6. The molecule has 0 saturated heterocycles. The molecular weight excluding hydrogens is 300 g/mol. The molecule has 0 radical (unpaired) electrons.